The fourth-order valence-corrected chi connectivity index (χ4v) is 0.587. The van der Waals surface area contributed by atoms with Crippen LogP contribution in [0.25, 0.3) is 0 Å². The van der Waals surface area contributed by atoms with Crippen LogP contribution in [-0.4, -0.2) is 38.0 Å². The first-order chi connectivity index (χ1) is 4.81. The van der Waals surface area contributed by atoms with Gasteiger partial charge in [0.05, 0.1) is 12.7 Å². The van der Waals surface area contributed by atoms with Gasteiger partial charge >= 0.3 is 0 Å². The Kier molecular flexibility index (Phi) is 6.91. The first-order valence-electron chi connectivity index (χ1n) is 3.69. The number of hydrogen-bond donors (Lipinski definition) is 2. The van der Waals surface area contributed by atoms with Gasteiger partial charge < -0.3 is 15.2 Å². The van der Waals surface area contributed by atoms with Crippen molar-refractivity contribution < 1.29 is 9.84 Å². The largest absolute Gasteiger partial charge is 0.392 e. The van der Waals surface area contributed by atoms with E-state index in [1.54, 1.807) is 7.11 Å². The van der Waals surface area contributed by atoms with E-state index in [1.807, 2.05) is 6.92 Å². The topological polar surface area (TPSA) is 41.5 Å². The maximum Gasteiger partial charge on any atom is 0.0662 e. The fraction of sp³-hybridized carbons (Fsp3) is 1.00. The maximum absolute atomic E-state index is 9.05. The molecule has 0 aromatic heterocycles. The Morgan fingerprint density at radius 2 is 2.30 bits per heavy atom. The Hall–Kier alpha value is -0.120. The summed E-state index contributed by atoms with van der Waals surface area (Å²) in [6.07, 6.45) is 0.594. The van der Waals surface area contributed by atoms with Gasteiger partial charge in [0.2, 0.25) is 0 Å². The Morgan fingerprint density at radius 3 is 2.80 bits per heavy atom. The fourth-order valence-electron chi connectivity index (χ4n) is 0.587. The van der Waals surface area contributed by atoms with E-state index in [0.29, 0.717) is 13.2 Å². The third kappa shape index (κ3) is 6.01. The van der Waals surface area contributed by atoms with Crippen molar-refractivity contribution in [3.63, 3.8) is 0 Å². The summed E-state index contributed by atoms with van der Waals surface area (Å²) in [5, 5.41) is 12.1. The maximum atomic E-state index is 9.05. The lowest BCUT2D eigenvalue weighted by Gasteiger charge is -2.07. The average molecular weight is 147 g/mol. The van der Waals surface area contributed by atoms with Gasteiger partial charge in [-0.15, -0.1) is 0 Å². The van der Waals surface area contributed by atoms with Gasteiger partial charge in [-0.05, 0) is 6.42 Å². The molecule has 0 heterocycles. The van der Waals surface area contributed by atoms with Crippen LogP contribution in [0.3, 0.4) is 0 Å². The molecule has 10 heavy (non-hydrogen) atoms. The van der Waals surface area contributed by atoms with Crippen molar-refractivity contribution in [3.8, 4) is 0 Å². The molecule has 0 aromatic rings. The van der Waals surface area contributed by atoms with Gasteiger partial charge in [0, 0.05) is 20.2 Å². The van der Waals surface area contributed by atoms with Crippen LogP contribution >= 0.6 is 0 Å². The minimum absolute atomic E-state index is 0.211. The number of nitrogens with one attached hydrogen (secondary N) is 1. The molecule has 2 N–H and O–H groups in total. The smallest absolute Gasteiger partial charge is 0.0662 e. The SMILES string of the molecule is CCC(O)CNCCOC. The van der Waals surface area contributed by atoms with Crippen LogP contribution in [0, 0.1) is 0 Å². The number of ether oxygens (including phenoxy) is 1. The molecule has 0 aromatic carbocycles. The molecular weight excluding hydrogens is 130 g/mol. The predicted molar refractivity (Wildman–Crippen MR) is 41.0 cm³/mol. The van der Waals surface area contributed by atoms with E-state index in [9.17, 15) is 0 Å². The predicted octanol–water partition coefficient (Wildman–Crippen LogP) is -0.00670. The highest BCUT2D eigenvalue weighted by Gasteiger charge is 1.97. The van der Waals surface area contributed by atoms with Gasteiger partial charge in [0.1, 0.15) is 0 Å². The van der Waals surface area contributed by atoms with Crippen molar-refractivity contribution in [3.05, 3.63) is 0 Å². The zero-order valence-corrected chi connectivity index (χ0v) is 6.76. The highest BCUT2D eigenvalue weighted by atomic mass is 16.5. The van der Waals surface area contributed by atoms with E-state index in [1.165, 1.54) is 0 Å². The molecule has 0 aliphatic rings. The molecular formula is C7H17NO2. The minimum atomic E-state index is -0.211. The van der Waals surface area contributed by atoms with Crippen molar-refractivity contribution in [2.75, 3.05) is 26.8 Å². The van der Waals surface area contributed by atoms with Gasteiger partial charge in [0.25, 0.3) is 0 Å². The van der Waals surface area contributed by atoms with Gasteiger partial charge in [-0.25, -0.2) is 0 Å². The summed E-state index contributed by atoms with van der Waals surface area (Å²) < 4.78 is 4.81. The van der Waals surface area contributed by atoms with Crippen LogP contribution in [0.4, 0.5) is 0 Å². The lowest BCUT2D eigenvalue weighted by atomic mass is 10.3. The summed E-state index contributed by atoms with van der Waals surface area (Å²) in [5.74, 6) is 0. The molecule has 0 saturated heterocycles. The number of hydrogen-bond acceptors (Lipinski definition) is 3. The van der Waals surface area contributed by atoms with E-state index >= 15 is 0 Å². The summed E-state index contributed by atoms with van der Waals surface area (Å²) in [5.41, 5.74) is 0. The number of methoxy groups -OCH3 is 1. The molecule has 0 saturated carbocycles. The van der Waals surface area contributed by atoms with Crippen molar-refractivity contribution in [2.24, 2.45) is 0 Å². The third-order valence-electron chi connectivity index (χ3n) is 1.33. The van der Waals surface area contributed by atoms with E-state index in [-0.39, 0.29) is 6.10 Å². The monoisotopic (exact) mass is 147 g/mol. The molecule has 3 nitrogen and oxygen atoms in total. The summed E-state index contributed by atoms with van der Waals surface area (Å²) in [7, 11) is 1.66. The molecule has 0 rings (SSSR count). The van der Waals surface area contributed by atoms with Crippen molar-refractivity contribution in [2.45, 2.75) is 19.4 Å². The molecule has 0 bridgehead atoms. The summed E-state index contributed by atoms with van der Waals surface area (Å²) >= 11 is 0. The van der Waals surface area contributed by atoms with Crippen LogP contribution in [0.15, 0.2) is 0 Å². The quantitative estimate of drug-likeness (QED) is 0.519. The van der Waals surface area contributed by atoms with Crippen LogP contribution in [0.1, 0.15) is 13.3 Å². The van der Waals surface area contributed by atoms with Gasteiger partial charge in [-0.1, -0.05) is 6.92 Å². The van der Waals surface area contributed by atoms with E-state index < -0.39 is 0 Å². The summed E-state index contributed by atoms with van der Waals surface area (Å²) in [4.78, 5) is 0. The Labute approximate surface area is 62.4 Å². The zero-order chi connectivity index (χ0) is 7.82. The molecule has 0 radical (unpaired) electrons. The molecule has 1 unspecified atom stereocenters. The highest BCUT2D eigenvalue weighted by Crippen LogP contribution is 1.85. The second-order valence-electron chi connectivity index (χ2n) is 2.26. The van der Waals surface area contributed by atoms with E-state index in [2.05, 4.69) is 5.32 Å². The lowest BCUT2D eigenvalue weighted by Crippen LogP contribution is -2.28. The summed E-state index contributed by atoms with van der Waals surface area (Å²) in [6, 6.07) is 0. The molecule has 0 amide bonds. The Bertz CT molecular complexity index is 68.6. The number of aliphatic hydroxyl groups excluding tert-OH is 1. The van der Waals surface area contributed by atoms with Crippen LogP contribution < -0.4 is 5.32 Å². The van der Waals surface area contributed by atoms with Gasteiger partial charge in [-0.3, -0.25) is 0 Å². The first kappa shape index (κ1) is 9.88. The Morgan fingerprint density at radius 1 is 1.60 bits per heavy atom. The number of aliphatic hydroxyl groups is 1. The van der Waals surface area contributed by atoms with Crippen LogP contribution in [0.2, 0.25) is 0 Å². The standard InChI is InChI=1S/C7H17NO2/c1-3-7(9)6-8-4-5-10-2/h7-9H,3-6H2,1-2H3. The average Bonchev–Trinajstić information content (AvgIpc) is 1.98. The van der Waals surface area contributed by atoms with Gasteiger partial charge in [-0.2, -0.15) is 0 Å². The highest BCUT2D eigenvalue weighted by molar-refractivity contribution is 4.55. The third-order valence-corrected chi connectivity index (χ3v) is 1.33. The second kappa shape index (κ2) is 6.99. The molecule has 62 valence electrons. The second-order valence-corrected chi connectivity index (χ2v) is 2.26. The number of rotatable bonds is 6. The van der Waals surface area contributed by atoms with Crippen molar-refractivity contribution >= 4 is 0 Å². The van der Waals surface area contributed by atoms with Crippen molar-refractivity contribution in [1.82, 2.24) is 5.32 Å². The normalized spacial score (nSPS) is 13.5. The molecule has 0 aliphatic carbocycles. The molecule has 3 heteroatoms. The van der Waals surface area contributed by atoms with Crippen LogP contribution in [-0.2, 0) is 4.74 Å². The molecule has 0 aliphatic heterocycles. The lowest BCUT2D eigenvalue weighted by molar-refractivity contribution is 0.156. The summed E-state index contributed by atoms with van der Waals surface area (Å²) in [6.45, 7) is 4.15. The Balaban J connectivity index is 2.89. The van der Waals surface area contributed by atoms with Gasteiger partial charge in [0.15, 0.2) is 0 Å². The van der Waals surface area contributed by atoms with Crippen LogP contribution in [0.5, 0.6) is 0 Å². The molecule has 1 atom stereocenters. The molecule has 0 spiro atoms. The van der Waals surface area contributed by atoms with E-state index in [4.69, 9.17) is 9.84 Å². The van der Waals surface area contributed by atoms with E-state index in [0.717, 1.165) is 13.0 Å². The first-order valence-corrected chi connectivity index (χ1v) is 3.69. The molecule has 0 fully saturated rings. The van der Waals surface area contributed by atoms with Crippen molar-refractivity contribution in [1.29, 1.82) is 0 Å². The zero-order valence-electron chi connectivity index (χ0n) is 6.76. The minimum Gasteiger partial charge on any atom is -0.392 e.